The van der Waals surface area contributed by atoms with Crippen molar-refractivity contribution in [1.82, 2.24) is 5.32 Å². The Kier molecular flexibility index (Phi) is 10.9. The van der Waals surface area contributed by atoms with Crippen LogP contribution >= 0.6 is 0 Å². The molecular weight excluding hydrogens is 242 g/mol. The van der Waals surface area contributed by atoms with Crippen LogP contribution in [-0.4, -0.2) is 23.0 Å². The lowest BCUT2D eigenvalue weighted by atomic mass is 10.1. The zero-order valence-corrected chi connectivity index (χ0v) is 12.2. The second-order valence-electron chi connectivity index (χ2n) is 4.84. The third-order valence-corrected chi connectivity index (χ3v) is 2.91. The monoisotopic (exact) mass is 269 g/mol. The van der Waals surface area contributed by atoms with E-state index in [2.05, 4.69) is 24.4 Å². The zero-order chi connectivity index (χ0) is 14.5. The number of unbranched alkanes of at least 4 members (excludes halogenated alkanes) is 5. The van der Waals surface area contributed by atoms with Crippen LogP contribution in [-0.2, 0) is 9.59 Å². The van der Waals surface area contributed by atoms with Crippen molar-refractivity contribution in [2.24, 2.45) is 0 Å². The number of allylic oxidation sites excluding steroid dienone is 2. The van der Waals surface area contributed by atoms with Gasteiger partial charge < -0.3 is 10.4 Å². The van der Waals surface area contributed by atoms with Gasteiger partial charge in [0.15, 0.2) is 0 Å². The van der Waals surface area contributed by atoms with E-state index in [-0.39, 0.29) is 5.91 Å². The lowest BCUT2D eigenvalue weighted by Crippen LogP contribution is -2.38. The van der Waals surface area contributed by atoms with Crippen molar-refractivity contribution in [3.63, 3.8) is 0 Å². The van der Waals surface area contributed by atoms with E-state index in [0.29, 0.717) is 6.42 Å². The van der Waals surface area contributed by atoms with Gasteiger partial charge >= 0.3 is 5.97 Å². The molecule has 2 N–H and O–H groups in total. The molecule has 0 unspecified atom stereocenters. The van der Waals surface area contributed by atoms with Crippen LogP contribution in [0.25, 0.3) is 0 Å². The van der Waals surface area contributed by atoms with Crippen LogP contribution in [0.1, 0.15) is 65.2 Å². The molecule has 0 aliphatic rings. The molecule has 4 nitrogen and oxygen atoms in total. The van der Waals surface area contributed by atoms with Crippen LogP contribution in [0.2, 0.25) is 0 Å². The van der Waals surface area contributed by atoms with Gasteiger partial charge in [0.2, 0.25) is 5.91 Å². The molecule has 0 saturated heterocycles. The van der Waals surface area contributed by atoms with E-state index in [1.807, 2.05) is 0 Å². The van der Waals surface area contributed by atoms with E-state index >= 15 is 0 Å². The fourth-order valence-electron chi connectivity index (χ4n) is 1.68. The molecule has 0 aromatic rings. The van der Waals surface area contributed by atoms with Gasteiger partial charge in [-0.25, -0.2) is 0 Å². The van der Waals surface area contributed by atoms with Crippen molar-refractivity contribution >= 4 is 11.9 Å². The number of nitrogens with one attached hydrogen (secondary N) is 1. The summed E-state index contributed by atoms with van der Waals surface area (Å²) in [6.45, 7) is 3.67. The maximum Gasteiger partial charge on any atom is 0.325 e. The van der Waals surface area contributed by atoms with Crippen LogP contribution in [0.3, 0.4) is 0 Å². The largest absolute Gasteiger partial charge is 0.480 e. The van der Waals surface area contributed by atoms with Gasteiger partial charge in [0.25, 0.3) is 0 Å². The Hall–Kier alpha value is -1.32. The quantitative estimate of drug-likeness (QED) is 0.447. The van der Waals surface area contributed by atoms with Crippen LogP contribution in [0.15, 0.2) is 12.2 Å². The molecule has 0 aromatic carbocycles. The minimum Gasteiger partial charge on any atom is -0.480 e. The molecule has 0 aliphatic carbocycles. The third kappa shape index (κ3) is 11.5. The molecule has 1 atom stereocenters. The molecule has 1 amide bonds. The second kappa shape index (κ2) is 11.8. The van der Waals surface area contributed by atoms with Crippen molar-refractivity contribution < 1.29 is 14.7 Å². The molecular formula is C15H27NO3. The number of rotatable bonds is 11. The number of carbonyl (C=O) groups is 2. The maximum absolute atomic E-state index is 11.4. The SMILES string of the molecule is CCCCCCC=CCCCC(=O)N[C@@H](C)C(=O)O. The maximum atomic E-state index is 11.4. The summed E-state index contributed by atoms with van der Waals surface area (Å²) in [6, 6.07) is -0.804. The molecule has 0 heterocycles. The van der Waals surface area contributed by atoms with E-state index in [4.69, 9.17) is 5.11 Å². The molecule has 0 radical (unpaired) electrons. The molecule has 0 aliphatic heterocycles. The Morgan fingerprint density at radius 2 is 1.74 bits per heavy atom. The van der Waals surface area contributed by atoms with E-state index in [1.54, 1.807) is 0 Å². The van der Waals surface area contributed by atoms with Gasteiger partial charge in [-0.2, -0.15) is 0 Å². The van der Waals surface area contributed by atoms with Crippen molar-refractivity contribution in [2.75, 3.05) is 0 Å². The lowest BCUT2D eigenvalue weighted by molar-refractivity contribution is -0.141. The van der Waals surface area contributed by atoms with Crippen LogP contribution in [0.4, 0.5) is 0 Å². The van der Waals surface area contributed by atoms with Gasteiger partial charge in [0, 0.05) is 6.42 Å². The topological polar surface area (TPSA) is 66.4 Å². The van der Waals surface area contributed by atoms with Gasteiger partial charge in [-0.3, -0.25) is 9.59 Å². The number of hydrogen-bond donors (Lipinski definition) is 2. The van der Waals surface area contributed by atoms with E-state index in [9.17, 15) is 9.59 Å². The zero-order valence-electron chi connectivity index (χ0n) is 12.2. The minimum atomic E-state index is -1.000. The smallest absolute Gasteiger partial charge is 0.325 e. The first-order valence-corrected chi connectivity index (χ1v) is 7.25. The fourth-order valence-corrected chi connectivity index (χ4v) is 1.68. The highest BCUT2D eigenvalue weighted by atomic mass is 16.4. The number of carboxylic acid groups (broad SMARTS) is 1. The predicted octanol–water partition coefficient (Wildman–Crippen LogP) is 3.27. The van der Waals surface area contributed by atoms with Crippen molar-refractivity contribution in [1.29, 1.82) is 0 Å². The summed E-state index contributed by atoms with van der Waals surface area (Å²) in [4.78, 5) is 21.9. The molecule has 110 valence electrons. The van der Waals surface area contributed by atoms with Crippen LogP contribution in [0.5, 0.6) is 0 Å². The lowest BCUT2D eigenvalue weighted by Gasteiger charge is -2.08. The minimum absolute atomic E-state index is 0.189. The Morgan fingerprint density at radius 1 is 1.11 bits per heavy atom. The third-order valence-electron chi connectivity index (χ3n) is 2.91. The van der Waals surface area contributed by atoms with Gasteiger partial charge in [-0.05, 0) is 32.6 Å². The highest BCUT2D eigenvalue weighted by Crippen LogP contribution is 2.04. The molecule has 0 spiro atoms. The van der Waals surface area contributed by atoms with Gasteiger partial charge in [0.05, 0.1) is 0 Å². The normalized spacial score (nSPS) is 12.5. The standard InChI is InChI=1S/C15H27NO3/c1-3-4-5-6-7-8-9-10-11-12-14(17)16-13(2)15(18)19/h8-9,13H,3-7,10-12H2,1-2H3,(H,16,17)(H,18,19)/t13-/m0/s1. The summed E-state index contributed by atoms with van der Waals surface area (Å²) in [5.41, 5.74) is 0. The average molecular weight is 269 g/mol. The number of carboxylic acids is 1. The number of carbonyl (C=O) groups excluding carboxylic acids is 1. The van der Waals surface area contributed by atoms with Crippen LogP contribution < -0.4 is 5.32 Å². The molecule has 0 saturated carbocycles. The highest BCUT2D eigenvalue weighted by molar-refractivity contribution is 5.83. The second-order valence-corrected chi connectivity index (χ2v) is 4.84. The average Bonchev–Trinajstić information content (AvgIpc) is 2.36. The first-order valence-electron chi connectivity index (χ1n) is 7.25. The molecule has 0 rings (SSSR count). The number of amides is 1. The Labute approximate surface area is 116 Å². The fraction of sp³-hybridized carbons (Fsp3) is 0.733. The van der Waals surface area contributed by atoms with E-state index < -0.39 is 12.0 Å². The van der Waals surface area contributed by atoms with Crippen molar-refractivity contribution in [2.45, 2.75) is 71.3 Å². The number of hydrogen-bond acceptors (Lipinski definition) is 2. The summed E-state index contributed by atoms with van der Waals surface area (Å²) in [5, 5.41) is 11.1. The Morgan fingerprint density at radius 3 is 2.32 bits per heavy atom. The summed E-state index contributed by atoms with van der Waals surface area (Å²) in [5.74, 6) is -1.19. The van der Waals surface area contributed by atoms with Gasteiger partial charge in [0.1, 0.15) is 6.04 Å². The summed E-state index contributed by atoms with van der Waals surface area (Å²) < 4.78 is 0. The first kappa shape index (κ1) is 17.7. The molecule has 4 heteroatoms. The van der Waals surface area contributed by atoms with Crippen LogP contribution in [0, 0.1) is 0 Å². The summed E-state index contributed by atoms with van der Waals surface area (Å²) in [7, 11) is 0. The van der Waals surface area contributed by atoms with E-state index in [1.165, 1.54) is 32.6 Å². The summed E-state index contributed by atoms with van der Waals surface area (Å²) >= 11 is 0. The highest BCUT2D eigenvalue weighted by Gasteiger charge is 2.12. The van der Waals surface area contributed by atoms with Gasteiger partial charge in [-0.1, -0.05) is 38.3 Å². The summed E-state index contributed by atoms with van der Waals surface area (Å²) in [6.07, 6.45) is 12.5. The first-order chi connectivity index (χ1) is 9.07. The molecule has 0 aromatic heterocycles. The van der Waals surface area contributed by atoms with E-state index in [0.717, 1.165) is 19.3 Å². The predicted molar refractivity (Wildman–Crippen MR) is 77.0 cm³/mol. The van der Waals surface area contributed by atoms with Crippen molar-refractivity contribution in [3.05, 3.63) is 12.2 Å². The van der Waals surface area contributed by atoms with Gasteiger partial charge in [-0.15, -0.1) is 0 Å². The molecule has 19 heavy (non-hydrogen) atoms. The molecule has 0 fully saturated rings. The Bertz CT molecular complexity index is 287. The number of aliphatic carboxylic acids is 1. The Balaban J connectivity index is 3.45. The van der Waals surface area contributed by atoms with Crippen molar-refractivity contribution in [3.8, 4) is 0 Å². The molecule has 0 bridgehead atoms.